The summed E-state index contributed by atoms with van der Waals surface area (Å²) >= 11 is 0. The molecule has 0 saturated carbocycles. The Balaban J connectivity index is 1.53. The number of carboxylic acids is 1. The van der Waals surface area contributed by atoms with E-state index in [4.69, 9.17) is 19.3 Å². The normalized spacial score (nSPS) is 17.0. The van der Waals surface area contributed by atoms with Crippen LogP contribution in [0.15, 0.2) is 30.3 Å². The van der Waals surface area contributed by atoms with Crippen LogP contribution in [0.4, 0.5) is 0 Å². The number of aromatic hydroxyl groups is 1. The van der Waals surface area contributed by atoms with Gasteiger partial charge in [-0.2, -0.15) is 0 Å². The molecule has 2 aliphatic rings. The number of benzene rings is 2. The van der Waals surface area contributed by atoms with Gasteiger partial charge < -0.3 is 24.4 Å². The first-order valence-corrected chi connectivity index (χ1v) is 6.79. The summed E-state index contributed by atoms with van der Waals surface area (Å²) in [6, 6.07) is 8.00. The monoisotopic (exact) mass is 300 g/mol. The predicted octanol–water partition coefficient (Wildman–Crippen LogP) is 2.32. The lowest BCUT2D eigenvalue weighted by Crippen LogP contribution is -2.18. The highest BCUT2D eigenvalue weighted by Gasteiger charge is 2.36. The largest absolute Gasteiger partial charge is 0.507 e. The fourth-order valence-electron chi connectivity index (χ4n) is 2.67. The van der Waals surface area contributed by atoms with Crippen LogP contribution in [0.1, 0.15) is 21.5 Å². The Hall–Kier alpha value is -2.89. The van der Waals surface area contributed by atoms with Crippen molar-refractivity contribution in [3.63, 3.8) is 0 Å². The molecule has 0 saturated heterocycles. The van der Waals surface area contributed by atoms with Gasteiger partial charge in [0.2, 0.25) is 6.29 Å². The van der Waals surface area contributed by atoms with E-state index in [9.17, 15) is 9.90 Å². The second-order valence-corrected chi connectivity index (χ2v) is 5.18. The van der Waals surface area contributed by atoms with Crippen molar-refractivity contribution >= 4 is 5.97 Å². The van der Waals surface area contributed by atoms with E-state index in [1.807, 2.05) is 12.1 Å². The van der Waals surface area contributed by atoms with Gasteiger partial charge in [0, 0.05) is 17.2 Å². The molecule has 6 heteroatoms. The van der Waals surface area contributed by atoms with E-state index in [2.05, 4.69) is 0 Å². The molecule has 0 fully saturated rings. The van der Waals surface area contributed by atoms with Crippen LogP contribution >= 0.6 is 0 Å². The van der Waals surface area contributed by atoms with Crippen LogP contribution in [0, 0.1) is 0 Å². The summed E-state index contributed by atoms with van der Waals surface area (Å²) < 4.78 is 16.8. The minimum Gasteiger partial charge on any atom is -0.507 e. The molecule has 2 bridgehead atoms. The number of ether oxygens (including phenoxy) is 3. The van der Waals surface area contributed by atoms with Crippen LogP contribution in [-0.4, -0.2) is 22.5 Å². The summed E-state index contributed by atoms with van der Waals surface area (Å²) in [6.07, 6.45) is 0.549. The SMILES string of the molecule is O=C(O)c1ccc(OCc2ccc3c4c2OC(C3)O4)cc1O. The Morgan fingerprint density at radius 1 is 1.23 bits per heavy atom. The van der Waals surface area contributed by atoms with E-state index in [1.165, 1.54) is 18.2 Å². The molecule has 2 N–H and O–H groups in total. The molecule has 2 aliphatic heterocycles. The van der Waals surface area contributed by atoms with Crippen molar-refractivity contribution in [2.24, 2.45) is 0 Å². The van der Waals surface area contributed by atoms with Gasteiger partial charge >= 0.3 is 5.97 Å². The van der Waals surface area contributed by atoms with E-state index in [0.29, 0.717) is 11.5 Å². The maximum atomic E-state index is 10.8. The molecule has 4 rings (SSSR count). The Kier molecular flexibility index (Phi) is 2.66. The summed E-state index contributed by atoms with van der Waals surface area (Å²) in [6.45, 7) is 0.241. The molecule has 2 heterocycles. The zero-order valence-corrected chi connectivity index (χ0v) is 11.4. The third-order valence-electron chi connectivity index (χ3n) is 3.75. The summed E-state index contributed by atoms with van der Waals surface area (Å²) in [5.74, 6) is 0.366. The summed E-state index contributed by atoms with van der Waals surface area (Å²) in [5, 5.41) is 18.5. The second-order valence-electron chi connectivity index (χ2n) is 5.18. The fraction of sp³-hybridized carbons (Fsp3) is 0.188. The van der Waals surface area contributed by atoms with Crippen LogP contribution in [-0.2, 0) is 13.0 Å². The third-order valence-corrected chi connectivity index (χ3v) is 3.75. The van der Waals surface area contributed by atoms with Crippen molar-refractivity contribution in [3.8, 4) is 23.0 Å². The molecular formula is C16H12O6. The van der Waals surface area contributed by atoms with E-state index < -0.39 is 5.97 Å². The number of fused-ring (bicyclic) bond motifs is 1. The molecule has 0 aliphatic carbocycles. The van der Waals surface area contributed by atoms with Crippen molar-refractivity contribution in [1.29, 1.82) is 0 Å². The predicted molar refractivity (Wildman–Crippen MR) is 74.6 cm³/mol. The highest BCUT2D eigenvalue weighted by Crippen LogP contribution is 2.47. The number of hydrogen-bond acceptors (Lipinski definition) is 5. The van der Waals surface area contributed by atoms with Crippen molar-refractivity contribution in [2.45, 2.75) is 19.3 Å². The number of phenols is 1. The van der Waals surface area contributed by atoms with Crippen LogP contribution in [0.3, 0.4) is 0 Å². The Morgan fingerprint density at radius 2 is 2.05 bits per heavy atom. The first-order chi connectivity index (χ1) is 10.6. The number of carboxylic acid groups (broad SMARTS) is 1. The van der Waals surface area contributed by atoms with E-state index in [0.717, 1.165) is 23.3 Å². The minimum atomic E-state index is -1.18. The Morgan fingerprint density at radius 3 is 2.77 bits per heavy atom. The van der Waals surface area contributed by atoms with Gasteiger partial charge in [-0.15, -0.1) is 0 Å². The molecule has 112 valence electrons. The lowest BCUT2D eigenvalue weighted by atomic mass is 10.1. The Labute approximate surface area is 125 Å². The van der Waals surface area contributed by atoms with E-state index in [1.54, 1.807) is 0 Å². The highest BCUT2D eigenvalue weighted by molar-refractivity contribution is 5.90. The van der Waals surface area contributed by atoms with Crippen molar-refractivity contribution in [3.05, 3.63) is 47.0 Å². The van der Waals surface area contributed by atoms with Gasteiger partial charge in [-0.1, -0.05) is 12.1 Å². The molecule has 0 radical (unpaired) electrons. The lowest BCUT2D eigenvalue weighted by molar-refractivity contribution is 0.0640. The number of hydrogen-bond donors (Lipinski definition) is 2. The fourth-order valence-corrected chi connectivity index (χ4v) is 2.67. The molecule has 1 unspecified atom stereocenters. The molecule has 0 spiro atoms. The number of rotatable bonds is 4. The van der Waals surface area contributed by atoms with Gasteiger partial charge in [-0.25, -0.2) is 4.79 Å². The number of carbonyl (C=O) groups is 1. The smallest absolute Gasteiger partial charge is 0.339 e. The molecule has 0 aromatic heterocycles. The average molecular weight is 300 g/mol. The maximum absolute atomic E-state index is 10.8. The second kappa shape index (κ2) is 4.56. The van der Waals surface area contributed by atoms with E-state index >= 15 is 0 Å². The summed E-state index contributed by atoms with van der Waals surface area (Å²) in [7, 11) is 0. The van der Waals surface area contributed by atoms with Crippen molar-refractivity contribution in [2.75, 3.05) is 0 Å². The quantitative estimate of drug-likeness (QED) is 0.901. The van der Waals surface area contributed by atoms with Crippen LogP contribution in [0.2, 0.25) is 0 Å². The molecule has 2 aromatic carbocycles. The van der Waals surface area contributed by atoms with Crippen LogP contribution < -0.4 is 14.2 Å². The summed E-state index contributed by atoms with van der Waals surface area (Å²) in [4.78, 5) is 10.8. The molecule has 2 aromatic rings. The zero-order chi connectivity index (χ0) is 15.3. The first-order valence-electron chi connectivity index (χ1n) is 6.79. The van der Waals surface area contributed by atoms with Gasteiger partial charge in [0.25, 0.3) is 0 Å². The minimum absolute atomic E-state index is 0.161. The maximum Gasteiger partial charge on any atom is 0.339 e. The van der Waals surface area contributed by atoms with Gasteiger partial charge in [0.05, 0.1) is 6.42 Å². The molecular weight excluding hydrogens is 288 g/mol. The topological polar surface area (TPSA) is 85.2 Å². The Bertz CT molecular complexity index is 782. The van der Waals surface area contributed by atoms with Crippen molar-refractivity contribution in [1.82, 2.24) is 0 Å². The first kappa shape index (κ1) is 12.8. The average Bonchev–Trinajstić information content (AvgIpc) is 3.07. The number of aromatic carboxylic acids is 1. The molecule has 22 heavy (non-hydrogen) atoms. The van der Waals surface area contributed by atoms with E-state index in [-0.39, 0.29) is 24.2 Å². The molecule has 0 amide bonds. The van der Waals surface area contributed by atoms with Gasteiger partial charge in [0.1, 0.15) is 23.7 Å². The van der Waals surface area contributed by atoms with Gasteiger partial charge in [-0.05, 0) is 12.1 Å². The van der Waals surface area contributed by atoms with Gasteiger partial charge in [-0.3, -0.25) is 0 Å². The standard InChI is InChI=1S/C16H12O6/c17-12-6-10(3-4-11(12)16(18)19)20-7-9-2-1-8-5-13-21-14(8)15(9)22-13/h1-4,6,13,17H,5,7H2,(H,18,19). The van der Waals surface area contributed by atoms with Crippen LogP contribution in [0.25, 0.3) is 0 Å². The lowest BCUT2D eigenvalue weighted by Gasteiger charge is -2.14. The summed E-state index contributed by atoms with van der Waals surface area (Å²) in [5.41, 5.74) is 1.83. The molecule has 6 nitrogen and oxygen atoms in total. The third kappa shape index (κ3) is 1.92. The van der Waals surface area contributed by atoms with Crippen molar-refractivity contribution < 1.29 is 29.2 Å². The molecule has 1 atom stereocenters. The zero-order valence-electron chi connectivity index (χ0n) is 11.4. The highest BCUT2D eigenvalue weighted by atomic mass is 16.7. The van der Waals surface area contributed by atoms with Gasteiger partial charge in [0.15, 0.2) is 11.5 Å². The van der Waals surface area contributed by atoms with Crippen LogP contribution in [0.5, 0.6) is 23.0 Å².